The molecule has 0 aliphatic heterocycles. The lowest BCUT2D eigenvalue weighted by molar-refractivity contribution is 0.0835. The molecule has 0 amide bonds. The number of aliphatic hydroxyl groups excluding tert-OH is 3. The largest absolute Gasteiger partial charge is 0.394 e. The summed E-state index contributed by atoms with van der Waals surface area (Å²) in [5.41, 5.74) is 3.90. The first kappa shape index (κ1) is 14.9. The molecule has 0 bridgehead atoms. The van der Waals surface area contributed by atoms with Crippen molar-refractivity contribution in [2.24, 2.45) is 0 Å². The Labute approximate surface area is 108 Å². The van der Waals surface area contributed by atoms with Gasteiger partial charge in [0, 0.05) is 0 Å². The molecule has 2 atom stereocenters. The van der Waals surface area contributed by atoms with E-state index in [-0.39, 0.29) is 19.1 Å². The van der Waals surface area contributed by atoms with E-state index in [2.05, 4.69) is 6.58 Å². The summed E-state index contributed by atoms with van der Waals surface area (Å²) in [5.74, 6) is 0.184. The monoisotopic (exact) mass is 250 g/mol. The minimum Gasteiger partial charge on any atom is -0.394 e. The van der Waals surface area contributed by atoms with Crippen LogP contribution >= 0.6 is 0 Å². The van der Waals surface area contributed by atoms with Gasteiger partial charge in [-0.05, 0) is 41.5 Å². The van der Waals surface area contributed by atoms with Crippen molar-refractivity contribution < 1.29 is 15.3 Å². The fourth-order valence-electron chi connectivity index (χ4n) is 2.15. The zero-order valence-corrected chi connectivity index (χ0v) is 11.1. The van der Waals surface area contributed by atoms with E-state index in [9.17, 15) is 5.11 Å². The number of hydrogen-bond acceptors (Lipinski definition) is 3. The highest BCUT2D eigenvalue weighted by Crippen LogP contribution is 2.26. The summed E-state index contributed by atoms with van der Waals surface area (Å²) in [7, 11) is 0. The van der Waals surface area contributed by atoms with E-state index in [1.165, 1.54) is 0 Å². The van der Waals surface area contributed by atoms with Crippen molar-refractivity contribution in [3.8, 4) is 0 Å². The van der Waals surface area contributed by atoms with Crippen LogP contribution in [0, 0.1) is 6.92 Å². The molecular formula is C15H22O3. The predicted octanol–water partition coefficient (Wildman–Crippen LogP) is 1.85. The summed E-state index contributed by atoms with van der Waals surface area (Å²) in [5, 5.41) is 27.4. The van der Waals surface area contributed by atoms with E-state index in [4.69, 9.17) is 10.2 Å². The summed E-state index contributed by atoms with van der Waals surface area (Å²) in [6.45, 7) is 7.58. The molecule has 3 N–H and O–H groups in total. The third-order valence-electron chi connectivity index (χ3n) is 3.24. The third-order valence-corrected chi connectivity index (χ3v) is 3.24. The van der Waals surface area contributed by atoms with Crippen LogP contribution in [0.25, 0.3) is 5.57 Å². The van der Waals surface area contributed by atoms with Crippen molar-refractivity contribution in [2.45, 2.75) is 32.3 Å². The van der Waals surface area contributed by atoms with Crippen molar-refractivity contribution in [3.05, 3.63) is 41.5 Å². The zero-order chi connectivity index (χ0) is 13.7. The Hall–Kier alpha value is -1.16. The van der Waals surface area contributed by atoms with Crippen LogP contribution in [0.3, 0.4) is 0 Å². The van der Waals surface area contributed by atoms with Crippen LogP contribution < -0.4 is 0 Å². The van der Waals surface area contributed by atoms with E-state index in [1.807, 2.05) is 32.0 Å². The van der Waals surface area contributed by atoms with Gasteiger partial charge in [0.2, 0.25) is 0 Å². The van der Waals surface area contributed by atoms with Gasteiger partial charge in [-0.1, -0.05) is 31.7 Å². The SMILES string of the molecule is C=C(CO)c1ccc(C(C)CC(O)CO)c(C)c1. The van der Waals surface area contributed by atoms with Crippen LogP contribution in [0.4, 0.5) is 0 Å². The quantitative estimate of drug-likeness (QED) is 0.722. The summed E-state index contributed by atoms with van der Waals surface area (Å²) < 4.78 is 0. The van der Waals surface area contributed by atoms with Gasteiger partial charge in [-0.15, -0.1) is 0 Å². The van der Waals surface area contributed by atoms with Gasteiger partial charge >= 0.3 is 0 Å². The highest BCUT2D eigenvalue weighted by atomic mass is 16.3. The summed E-state index contributed by atoms with van der Waals surface area (Å²) in [6.07, 6.45) is -0.135. The van der Waals surface area contributed by atoms with E-state index in [0.717, 1.165) is 16.7 Å². The molecule has 1 aromatic carbocycles. The minimum atomic E-state index is -0.675. The Morgan fingerprint density at radius 3 is 2.50 bits per heavy atom. The lowest BCUT2D eigenvalue weighted by Gasteiger charge is -2.18. The second-order valence-electron chi connectivity index (χ2n) is 4.81. The Bertz CT molecular complexity index is 412. The Balaban J connectivity index is 2.88. The molecule has 0 aliphatic carbocycles. The van der Waals surface area contributed by atoms with Gasteiger partial charge in [-0.25, -0.2) is 0 Å². The summed E-state index contributed by atoms with van der Waals surface area (Å²) in [4.78, 5) is 0. The number of rotatable bonds is 6. The van der Waals surface area contributed by atoms with Crippen LogP contribution in [0.2, 0.25) is 0 Å². The van der Waals surface area contributed by atoms with Crippen molar-refractivity contribution >= 4 is 5.57 Å². The highest BCUT2D eigenvalue weighted by molar-refractivity contribution is 5.65. The molecule has 0 saturated carbocycles. The molecule has 0 radical (unpaired) electrons. The molecule has 2 unspecified atom stereocenters. The molecule has 0 fully saturated rings. The van der Waals surface area contributed by atoms with Crippen LogP contribution in [-0.2, 0) is 0 Å². The van der Waals surface area contributed by atoms with Gasteiger partial charge < -0.3 is 15.3 Å². The standard InChI is InChI=1S/C15H22O3/c1-10-6-13(12(3)8-16)4-5-15(10)11(2)7-14(18)9-17/h4-6,11,14,16-18H,3,7-9H2,1-2H3. The summed E-state index contributed by atoms with van der Waals surface area (Å²) in [6, 6.07) is 5.93. The molecule has 18 heavy (non-hydrogen) atoms. The smallest absolute Gasteiger partial charge is 0.0776 e. The van der Waals surface area contributed by atoms with Crippen molar-refractivity contribution in [3.63, 3.8) is 0 Å². The number of benzene rings is 1. The van der Waals surface area contributed by atoms with Gasteiger partial charge in [0.1, 0.15) is 0 Å². The second-order valence-corrected chi connectivity index (χ2v) is 4.81. The van der Waals surface area contributed by atoms with E-state index >= 15 is 0 Å². The average Bonchev–Trinajstić information content (AvgIpc) is 2.37. The normalized spacial score (nSPS) is 14.3. The molecule has 0 saturated heterocycles. The van der Waals surface area contributed by atoms with Crippen LogP contribution in [0.5, 0.6) is 0 Å². The van der Waals surface area contributed by atoms with Crippen LogP contribution in [0.15, 0.2) is 24.8 Å². The molecule has 0 aromatic heterocycles. The van der Waals surface area contributed by atoms with Crippen LogP contribution in [0.1, 0.15) is 36.0 Å². The predicted molar refractivity (Wildman–Crippen MR) is 73.4 cm³/mol. The average molecular weight is 250 g/mol. The molecule has 100 valence electrons. The van der Waals surface area contributed by atoms with Crippen molar-refractivity contribution in [2.75, 3.05) is 13.2 Å². The maximum Gasteiger partial charge on any atom is 0.0776 e. The molecule has 3 heteroatoms. The second kappa shape index (κ2) is 6.69. The molecule has 0 aliphatic rings. The number of aliphatic hydroxyl groups is 3. The van der Waals surface area contributed by atoms with E-state index in [1.54, 1.807) is 0 Å². The Morgan fingerprint density at radius 1 is 1.33 bits per heavy atom. The first-order valence-electron chi connectivity index (χ1n) is 6.18. The molecule has 0 heterocycles. The zero-order valence-electron chi connectivity index (χ0n) is 11.1. The highest BCUT2D eigenvalue weighted by Gasteiger charge is 2.13. The fraction of sp³-hybridized carbons (Fsp3) is 0.467. The first-order chi connectivity index (χ1) is 8.49. The molecule has 0 spiro atoms. The molecule has 1 rings (SSSR count). The minimum absolute atomic E-state index is 0.0441. The first-order valence-corrected chi connectivity index (χ1v) is 6.18. The maximum absolute atomic E-state index is 9.46. The van der Waals surface area contributed by atoms with Gasteiger partial charge in [0.15, 0.2) is 0 Å². The molecule has 3 nitrogen and oxygen atoms in total. The van der Waals surface area contributed by atoms with Gasteiger partial charge in [0.05, 0.1) is 19.3 Å². The number of hydrogen-bond donors (Lipinski definition) is 3. The van der Waals surface area contributed by atoms with Crippen LogP contribution in [-0.4, -0.2) is 34.6 Å². The van der Waals surface area contributed by atoms with E-state index in [0.29, 0.717) is 12.0 Å². The van der Waals surface area contributed by atoms with Crippen molar-refractivity contribution in [1.29, 1.82) is 0 Å². The molecular weight excluding hydrogens is 228 g/mol. The van der Waals surface area contributed by atoms with Gasteiger partial charge in [0.25, 0.3) is 0 Å². The summed E-state index contributed by atoms with van der Waals surface area (Å²) >= 11 is 0. The molecule has 1 aromatic rings. The topological polar surface area (TPSA) is 60.7 Å². The third kappa shape index (κ3) is 3.67. The Morgan fingerprint density at radius 2 is 2.00 bits per heavy atom. The number of aryl methyl sites for hydroxylation is 1. The Kier molecular flexibility index (Phi) is 5.54. The maximum atomic E-state index is 9.46. The van der Waals surface area contributed by atoms with Crippen molar-refractivity contribution in [1.82, 2.24) is 0 Å². The lowest BCUT2D eigenvalue weighted by atomic mass is 9.90. The lowest BCUT2D eigenvalue weighted by Crippen LogP contribution is -2.15. The van der Waals surface area contributed by atoms with E-state index < -0.39 is 6.10 Å². The van der Waals surface area contributed by atoms with Gasteiger partial charge in [-0.2, -0.15) is 0 Å². The van der Waals surface area contributed by atoms with Gasteiger partial charge in [-0.3, -0.25) is 0 Å². The fourth-order valence-corrected chi connectivity index (χ4v) is 2.15.